The number of aromatic nitrogens is 2. The number of nitrogen functional groups attached to an aromatic ring is 1. The molecule has 2 aromatic heterocycles. The molecule has 3 aliphatic heterocycles. The molecule has 38 heavy (non-hydrogen) atoms. The van der Waals surface area contributed by atoms with Crippen molar-refractivity contribution in [3.63, 3.8) is 0 Å². The van der Waals surface area contributed by atoms with E-state index in [1.807, 2.05) is 12.1 Å². The third kappa shape index (κ3) is 6.07. The number of aldehydes is 1. The van der Waals surface area contributed by atoms with Gasteiger partial charge in [0.2, 0.25) is 0 Å². The maximum atomic E-state index is 12.9. The van der Waals surface area contributed by atoms with Crippen LogP contribution in [0.25, 0.3) is 0 Å². The molecule has 12 nitrogen and oxygen atoms in total. The Morgan fingerprint density at radius 3 is 2.71 bits per heavy atom. The first-order chi connectivity index (χ1) is 18.4. The highest BCUT2D eigenvalue weighted by molar-refractivity contribution is 6.01. The van der Waals surface area contributed by atoms with Gasteiger partial charge in [-0.3, -0.25) is 19.8 Å². The number of likely N-dealkylation sites (tertiary alicyclic amines) is 1. The van der Waals surface area contributed by atoms with E-state index in [4.69, 9.17) is 20.5 Å². The molecule has 0 bridgehead atoms. The third-order valence-corrected chi connectivity index (χ3v) is 6.64. The van der Waals surface area contributed by atoms with Crippen molar-refractivity contribution in [2.75, 3.05) is 49.4 Å². The molecule has 0 aromatic carbocycles. The van der Waals surface area contributed by atoms with Crippen LogP contribution in [0.2, 0.25) is 0 Å². The number of nitrogens with one attached hydrogen (secondary N) is 1. The molecule has 12 heteroatoms. The van der Waals surface area contributed by atoms with Crippen molar-refractivity contribution in [3.8, 4) is 6.07 Å². The van der Waals surface area contributed by atoms with Gasteiger partial charge in [-0.15, -0.1) is 0 Å². The van der Waals surface area contributed by atoms with E-state index in [0.717, 1.165) is 18.8 Å². The zero-order chi connectivity index (χ0) is 27.1. The van der Waals surface area contributed by atoms with Crippen LogP contribution in [0.1, 0.15) is 52.9 Å². The first kappa shape index (κ1) is 27.0. The zero-order valence-electron chi connectivity index (χ0n) is 21.3. The predicted molar refractivity (Wildman–Crippen MR) is 139 cm³/mol. The van der Waals surface area contributed by atoms with Gasteiger partial charge in [0, 0.05) is 64.2 Å². The van der Waals surface area contributed by atoms with Crippen LogP contribution in [0.5, 0.6) is 0 Å². The van der Waals surface area contributed by atoms with Gasteiger partial charge in [0.1, 0.15) is 29.5 Å². The van der Waals surface area contributed by atoms with Crippen molar-refractivity contribution in [3.05, 3.63) is 40.7 Å². The van der Waals surface area contributed by atoms with E-state index in [0.29, 0.717) is 50.0 Å². The molecule has 200 valence electrons. The van der Waals surface area contributed by atoms with E-state index < -0.39 is 12.1 Å². The maximum absolute atomic E-state index is 12.9. The summed E-state index contributed by atoms with van der Waals surface area (Å²) in [5.74, 6) is 0.493. The summed E-state index contributed by atoms with van der Waals surface area (Å²) in [4.78, 5) is 48.8. The summed E-state index contributed by atoms with van der Waals surface area (Å²) in [5, 5.41) is 11.6. The van der Waals surface area contributed by atoms with Gasteiger partial charge in [-0.2, -0.15) is 5.26 Å². The number of carbonyl (C=O) groups excluding carboxylic acids is 3. The molecule has 5 heterocycles. The number of aryl methyl sites for hydroxylation is 1. The molecule has 1 unspecified atom stereocenters. The van der Waals surface area contributed by atoms with Gasteiger partial charge in [-0.25, -0.2) is 14.8 Å². The molecular weight excluding hydrogens is 490 g/mol. The average Bonchev–Trinajstić information content (AvgIpc) is 3.62. The third-order valence-electron chi connectivity index (χ3n) is 6.64. The fourth-order valence-corrected chi connectivity index (χ4v) is 4.60. The fraction of sp³-hybridized carbons (Fsp3) is 0.462. The molecule has 3 N–H and O–H groups in total. The SMILES string of the molecule is C1CCOC1.COC1CCN(Cc2cc3c(nc2C=O)N(C(=O)Nc2cc(N)c(C#N)cn2)CCC3)C1=O. The molecule has 5 rings (SSSR count). The maximum Gasteiger partial charge on any atom is 0.328 e. The van der Waals surface area contributed by atoms with E-state index in [9.17, 15) is 14.4 Å². The van der Waals surface area contributed by atoms with Crippen LogP contribution in [-0.2, 0) is 27.2 Å². The highest BCUT2D eigenvalue weighted by Gasteiger charge is 2.33. The highest BCUT2D eigenvalue weighted by atomic mass is 16.5. The van der Waals surface area contributed by atoms with Crippen molar-refractivity contribution < 1.29 is 23.9 Å². The first-order valence-corrected chi connectivity index (χ1v) is 12.6. The van der Waals surface area contributed by atoms with Crippen LogP contribution in [0.3, 0.4) is 0 Å². The van der Waals surface area contributed by atoms with Crippen LogP contribution in [0.15, 0.2) is 18.3 Å². The second-order valence-electron chi connectivity index (χ2n) is 9.18. The largest absolute Gasteiger partial charge is 0.398 e. The minimum absolute atomic E-state index is 0.109. The molecule has 2 fully saturated rings. The lowest BCUT2D eigenvalue weighted by molar-refractivity contribution is -0.136. The Balaban J connectivity index is 0.000000603. The van der Waals surface area contributed by atoms with Crippen molar-refractivity contribution in [1.29, 1.82) is 5.26 Å². The number of nitriles is 1. The smallest absolute Gasteiger partial charge is 0.328 e. The van der Waals surface area contributed by atoms with Gasteiger partial charge < -0.3 is 20.1 Å². The van der Waals surface area contributed by atoms with E-state index in [1.54, 1.807) is 4.90 Å². The number of urea groups is 1. The number of ether oxygens (including phenoxy) is 2. The van der Waals surface area contributed by atoms with Gasteiger partial charge in [0.05, 0.1) is 11.3 Å². The molecule has 3 amide bonds. The number of nitrogens with two attached hydrogens (primary N) is 1. The molecule has 0 spiro atoms. The number of methoxy groups -OCH3 is 1. The van der Waals surface area contributed by atoms with Crippen LogP contribution >= 0.6 is 0 Å². The standard InChI is InChI=1S/C22H23N7O4.C4H8O/c1-33-18-4-6-28(21(18)31)11-14-7-13-3-2-5-29(20(13)26-17(14)12-30)22(32)27-19-8-16(24)15(9-23)10-25-19;1-2-4-5-3-1/h7-8,10,12,18H,2-6,11H2,1H3,(H3,24,25,27,32);1-4H2. The van der Waals surface area contributed by atoms with Crippen molar-refractivity contribution in [2.24, 2.45) is 0 Å². The second kappa shape index (κ2) is 12.4. The van der Waals surface area contributed by atoms with Crippen molar-refractivity contribution in [2.45, 2.75) is 44.8 Å². The molecule has 2 saturated heterocycles. The molecule has 3 aliphatic rings. The van der Waals surface area contributed by atoms with Crippen molar-refractivity contribution in [1.82, 2.24) is 14.9 Å². The van der Waals surface area contributed by atoms with Gasteiger partial charge >= 0.3 is 6.03 Å². The average molecular weight is 522 g/mol. The number of nitrogens with zero attached hydrogens (tertiary/aromatic N) is 5. The molecule has 1 atom stereocenters. The van der Waals surface area contributed by atoms with Gasteiger partial charge in [0.15, 0.2) is 6.29 Å². The zero-order valence-corrected chi connectivity index (χ0v) is 21.3. The molecule has 2 aromatic rings. The van der Waals surface area contributed by atoms with Crippen LogP contribution < -0.4 is 16.0 Å². The minimum atomic E-state index is -0.470. The van der Waals surface area contributed by atoms with Gasteiger partial charge in [-0.1, -0.05) is 0 Å². The number of hydrogen-bond donors (Lipinski definition) is 2. The predicted octanol–water partition coefficient (Wildman–Crippen LogP) is 2.27. The fourth-order valence-electron chi connectivity index (χ4n) is 4.60. The quantitative estimate of drug-likeness (QED) is 0.562. The Morgan fingerprint density at radius 2 is 2.11 bits per heavy atom. The number of anilines is 3. The molecule has 0 saturated carbocycles. The molecule has 0 aliphatic carbocycles. The van der Waals surface area contributed by atoms with E-state index in [1.165, 1.54) is 37.1 Å². The van der Waals surface area contributed by atoms with Crippen molar-refractivity contribution >= 4 is 35.5 Å². The number of fused-ring (bicyclic) bond motifs is 1. The summed E-state index contributed by atoms with van der Waals surface area (Å²) in [6.45, 7) is 3.21. The Bertz CT molecular complexity index is 1230. The number of amides is 3. The Labute approximate surface area is 220 Å². The number of pyridine rings is 2. The second-order valence-corrected chi connectivity index (χ2v) is 9.18. The summed E-state index contributed by atoms with van der Waals surface area (Å²) in [7, 11) is 1.50. The summed E-state index contributed by atoms with van der Waals surface area (Å²) in [6.07, 6.45) is 6.02. The van der Waals surface area contributed by atoms with E-state index in [2.05, 4.69) is 15.3 Å². The summed E-state index contributed by atoms with van der Waals surface area (Å²) < 4.78 is 10.1. The van der Waals surface area contributed by atoms with Crippen LogP contribution in [-0.4, -0.2) is 72.6 Å². The Kier molecular flexibility index (Phi) is 8.83. The van der Waals surface area contributed by atoms with Crippen LogP contribution in [0, 0.1) is 11.3 Å². The summed E-state index contributed by atoms with van der Waals surface area (Å²) in [6, 6.07) is 4.70. The normalized spacial score (nSPS) is 18.3. The Hall–Kier alpha value is -4.08. The van der Waals surface area contributed by atoms with E-state index >= 15 is 0 Å². The lowest BCUT2D eigenvalue weighted by atomic mass is 10.0. The number of rotatable bonds is 5. The summed E-state index contributed by atoms with van der Waals surface area (Å²) >= 11 is 0. The topological polar surface area (TPSA) is 164 Å². The Morgan fingerprint density at radius 1 is 1.32 bits per heavy atom. The lowest BCUT2D eigenvalue weighted by Gasteiger charge is -2.29. The van der Waals surface area contributed by atoms with Gasteiger partial charge in [0.25, 0.3) is 5.91 Å². The number of carbonyl (C=O) groups is 3. The number of hydrogen-bond acceptors (Lipinski definition) is 9. The lowest BCUT2D eigenvalue weighted by Crippen LogP contribution is -2.40. The van der Waals surface area contributed by atoms with E-state index in [-0.39, 0.29) is 35.2 Å². The molecular formula is C26H31N7O5. The summed E-state index contributed by atoms with van der Waals surface area (Å²) in [5.41, 5.74) is 7.86. The van der Waals surface area contributed by atoms with Crippen LogP contribution in [0.4, 0.5) is 22.1 Å². The molecule has 0 radical (unpaired) electrons. The van der Waals surface area contributed by atoms with Gasteiger partial charge in [-0.05, 0) is 37.3 Å². The monoisotopic (exact) mass is 521 g/mol. The highest BCUT2D eigenvalue weighted by Crippen LogP contribution is 2.29. The minimum Gasteiger partial charge on any atom is -0.398 e. The first-order valence-electron chi connectivity index (χ1n) is 12.6.